The van der Waals surface area contributed by atoms with Crippen molar-refractivity contribution in [2.75, 3.05) is 17.3 Å². The molecule has 0 saturated carbocycles. The van der Waals surface area contributed by atoms with Crippen LogP contribution in [-0.2, 0) is 14.6 Å². The van der Waals surface area contributed by atoms with E-state index in [1.54, 1.807) is 19.9 Å². The number of hydrogen-bond donors (Lipinski definition) is 2. The second-order valence-electron chi connectivity index (χ2n) is 4.74. The largest absolute Gasteiger partial charge is 0.478 e. The van der Waals surface area contributed by atoms with Crippen LogP contribution in [0.15, 0.2) is 12.1 Å². The molecule has 0 unspecified atom stereocenters. The molecular weight excluding hydrogens is 282 g/mol. The Kier molecular flexibility index (Phi) is 4.88. The minimum atomic E-state index is -3.23. The number of carbonyl (C=O) groups excluding carboxylic acids is 1. The fourth-order valence-corrected chi connectivity index (χ4v) is 2.34. The molecule has 0 bridgehead atoms. The smallest absolute Gasteiger partial charge is 0.337 e. The van der Waals surface area contributed by atoms with Crippen LogP contribution in [0.4, 0.5) is 5.69 Å². The van der Waals surface area contributed by atoms with E-state index in [0.717, 1.165) is 11.8 Å². The maximum absolute atomic E-state index is 11.7. The van der Waals surface area contributed by atoms with Crippen molar-refractivity contribution in [1.82, 2.24) is 0 Å². The fraction of sp³-hybridized carbons (Fsp3) is 0.385. The number of carbonyl (C=O) groups is 2. The van der Waals surface area contributed by atoms with E-state index in [0.29, 0.717) is 5.56 Å². The van der Waals surface area contributed by atoms with E-state index in [4.69, 9.17) is 5.11 Å². The third-order valence-corrected chi connectivity index (χ3v) is 3.62. The summed E-state index contributed by atoms with van der Waals surface area (Å²) in [5.74, 6) is -1.94. The molecule has 0 atom stereocenters. The Bertz CT molecular complexity index is 649. The van der Waals surface area contributed by atoms with Crippen molar-refractivity contribution < 1.29 is 23.1 Å². The van der Waals surface area contributed by atoms with Gasteiger partial charge in [-0.25, -0.2) is 13.2 Å². The molecule has 6 nitrogen and oxygen atoms in total. The summed E-state index contributed by atoms with van der Waals surface area (Å²) in [7, 11) is -3.23. The SMILES string of the molecule is Cc1cc(C)c(NC(=O)CCS(C)(=O)=O)c(C(=O)O)c1. The predicted octanol–water partition coefficient (Wildman–Crippen LogP) is 1.37. The number of sulfone groups is 1. The van der Waals surface area contributed by atoms with Gasteiger partial charge in [0.2, 0.25) is 5.91 Å². The molecule has 7 heteroatoms. The summed E-state index contributed by atoms with van der Waals surface area (Å²) in [6.45, 7) is 3.44. The Labute approximate surface area is 117 Å². The third kappa shape index (κ3) is 4.65. The lowest BCUT2D eigenvalue weighted by Crippen LogP contribution is -2.19. The highest BCUT2D eigenvalue weighted by atomic mass is 32.2. The maximum atomic E-state index is 11.7. The molecule has 0 aromatic heterocycles. The average molecular weight is 299 g/mol. The Balaban J connectivity index is 2.97. The first kappa shape index (κ1) is 16.2. The Morgan fingerprint density at radius 3 is 2.35 bits per heavy atom. The summed E-state index contributed by atoms with van der Waals surface area (Å²) >= 11 is 0. The molecule has 0 spiro atoms. The number of carboxylic acid groups (broad SMARTS) is 1. The van der Waals surface area contributed by atoms with Gasteiger partial charge < -0.3 is 10.4 Å². The predicted molar refractivity (Wildman–Crippen MR) is 75.8 cm³/mol. The summed E-state index contributed by atoms with van der Waals surface area (Å²) < 4.78 is 22.0. The van der Waals surface area contributed by atoms with E-state index >= 15 is 0 Å². The van der Waals surface area contributed by atoms with E-state index in [1.807, 2.05) is 0 Å². The second-order valence-corrected chi connectivity index (χ2v) is 7.00. The number of anilines is 1. The number of aromatic carboxylic acids is 1. The quantitative estimate of drug-likeness (QED) is 0.855. The molecular formula is C13H17NO5S. The Hall–Kier alpha value is -1.89. The van der Waals surface area contributed by atoms with Crippen molar-refractivity contribution in [3.63, 3.8) is 0 Å². The van der Waals surface area contributed by atoms with Gasteiger partial charge in [-0.05, 0) is 31.0 Å². The molecule has 1 rings (SSSR count). The Morgan fingerprint density at radius 2 is 1.85 bits per heavy atom. The summed E-state index contributed by atoms with van der Waals surface area (Å²) in [6.07, 6.45) is 0.839. The first-order valence-corrected chi connectivity index (χ1v) is 7.98. The minimum absolute atomic E-state index is 0.00444. The fourth-order valence-electron chi connectivity index (χ4n) is 1.78. The molecule has 0 fully saturated rings. The molecule has 0 aliphatic carbocycles. The van der Waals surface area contributed by atoms with E-state index in [2.05, 4.69) is 5.32 Å². The number of hydrogen-bond acceptors (Lipinski definition) is 4. The lowest BCUT2D eigenvalue weighted by atomic mass is 10.0. The monoisotopic (exact) mass is 299 g/mol. The summed E-state index contributed by atoms with van der Waals surface area (Å²) in [5.41, 5.74) is 1.60. The maximum Gasteiger partial charge on any atom is 0.337 e. The molecule has 2 N–H and O–H groups in total. The van der Waals surface area contributed by atoms with Crippen LogP contribution in [0.1, 0.15) is 27.9 Å². The van der Waals surface area contributed by atoms with E-state index in [-0.39, 0.29) is 23.4 Å². The number of benzene rings is 1. The van der Waals surface area contributed by atoms with Crippen molar-refractivity contribution in [3.8, 4) is 0 Å². The molecule has 0 heterocycles. The van der Waals surface area contributed by atoms with Crippen molar-refractivity contribution in [1.29, 1.82) is 0 Å². The van der Waals surface area contributed by atoms with Crippen LogP contribution in [0.3, 0.4) is 0 Å². The van der Waals surface area contributed by atoms with Crippen LogP contribution in [0.25, 0.3) is 0 Å². The first-order valence-electron chi connectivity index (χ1n) is 5.92. The highest BCUT2D eigenvalue weighted by Gasteiger charge is 2.16. The van der Waals surface area contributed by atoms with E-state index in [9.17, 15) is 18.0 Å². The Morgan fingerprint density at radius 1 is 1.25 bits per heavy atom. The number of carboxylic acids is 1. The van der Waals surface area contributed by atoms with E-state index < -0.39 is 21.7 Å². The standard InChI is InChI=1S/C13H17NO5S/c1-8-6-9(2)12(10(7-8)13(16)17)14-11(15)4-5-20(3,18)19/h6-7H,4-5H2,1-3H3,(H,14,15)(H,16,17). The van der Waals surface area contributed by atoms with Crippen LogP contribution in [0.5, 0.6) is 0 Å². The van der Waals surface area contributed by atoms with Crippen molar-refractivity contribution in [2.24, 2.45) is 0 Å². The molecule has 20 heavy (non-hydrogen) atoms. The molecule has 1 aromatic carbocycles. The molecule has 0 aliphatic heterocycles. The van der Waals surface area contributed by atoms with Gasteiger partial charge in [0.15, 0.2) is 0 Å². The second kappa shape index (κ2) is 6.04. The summed E-state index contributed by atoms with van der Waals surface area (Å²) in [4.78, 5) is 22.9. The van der Waals surface area contributed by atoms with Gasteiger partial charge in [-0.1, -0.05) is 6.07 Å². The van der Waals surface area contributed by atoms with Gasteiger partial charge in [-0.15, -0.1) is 0 Å². The van der Waals surface area contributed by atoms with Crippen LogP contribution < -0.4 is 5.32 Å². The van der Waals surface area contributed by atoms with Crippen LogP contribution in [0, 0.1) is 13.8 Å². The van der Waals surface area contributed by atoms with Gasteiger partial charge in [-0.3, -0.25) is 4.79 Å². The van der Waals surface area contributed by atoms with Gasteiger partial charge in [-0.2, -0.15) is 0 Å². The number of aryl methyl sites for hydroxylation is 2. The van der Waals surface area contributed by atoms with Crippen molar-refractivity contribution >= 4 is 27.4 Å². The molecule has 110 valence electrons. The highest BCUT2D eigenvalue weighted by Crippen LogP contribution is 2.23. The van der Waals surface area contributed by atoms with Gasteiger partial charge in [0.1, 0.15) is 9.84 Å². The zero-order valence-electron chi connectivity index (χ0n) is 11.6. The molecule has 0 saturated heterocycles. The van der Waals surface area contributed by atoms with Gasteiger partial charge in [0, 0.05) is 12.7 Å². The normalized spacial score (nSPS) is 11.2. The number of nitrogens with one attached hydrogen (secondary N) is 1. The molecule has 1 amide bonds. The lowest BCUT2D eigenvalue weighted by Gasteiger charge is -2.12. The van der Waals surface area contributed by atoms with Crippen LogP contribution in [0.2, 0.25) is 0 Å². The molecule has 0 radical (unpaired) electrons. The van der Waals surface area contributed by atoms with Gasteiger partial charge >= 0.3 is 5.97 Å². The van der Waals surface area contributed by atoms with Crippen molar-refractivity contribution in [2.45, 2.75) is 20.3 Å². The summed E-state index contributed by atoms with van der Waals surface area (Å²) in [6, 6.07) is 3.21. The van der Waals surface area contributed by atoms with Crippen LogP contribution in [-0.4, -0.2) is 37.4 Å². The van der Waals surface area contributed by atoms with Gasteiger partial charge in [0.05, 0.1) is 17.0 Å². The summed E-state index contributed by atoms with van der Waals surface area (Å²) in [5, 5.41) is 11.6. The zero-order chi connectivity index (χ0) is 15.5. The molecule has 0 aliphatic rings. The topological polar surface area (TPSA) is 101 Å². The lowest BCUT2D eigenvalue weighted by molar-refractivity contribution is -0.115. The average Bonchev–Trinajstić information content (AvgIpc) is 2.28. The minimum Gasteiger partial charge on any atom is -0.478 e. The third-order valence-electron chi connectivity index (χ3n) is 2.67. The van der Waals surface area contributed by atoms with Gasteiger partial charge in [0.25, 0.3) is 0 Å². The van der Waals surface area contributed by atoms with Crippen molar-refractivity contribution in [3.05, 3.63) is 28.8 Å². The van der Waals surface area contributed by atoms with E-state index in [1.165, 1.54) is 6.07 Å². The molecule has 1 aromatic rings. The first-order chi connectivity index (χ1) is 9.10. The van der Waals surface area contributed by atoms with Crippen LogP contribution >= 0.6 is 0 Å². The number of rotatable bonds is 5. The number of amides is 1. The zero-order valence-corrected chi connectivity index (χ0v) is 12.4. The highest BCUT2D eigenvalue weighted by molar-refractivity contribution is 7.90.